The standard InChI is InChI=1S/C13H19N3/c1-3-6-12(4-2)16-10-11-7-5-8-15-13(11)9-14/h5,7-8,12,16H,3-4,6,10H2,1-2H3. The zero-order valence-corrected chi connectivity index (χ0v) is 10.0. The van der Waals surface area contributed by atoms with E-state index in [1.54, 1.807) is 6.20 Å². The molecular formula is C13H19N3. The van der Waals surface area contributed by atoms with Crippen molar-refractivity contribution in [2.75, 3.05) is 0 Å². The summed E-state index contributed by atoms with van der Waals surface area (Å²) in [5.41, 5.74) is 1.51. The van der Waals surface area contributed by atoms with E-state index >= 15 is 0 Å². The van der Waals surface area contributed by atoms with Gasteiger partial charge in [0.25, 0.3) is 0 Å². The molecule has 0 radical (unpaired) electrons. The molecule has 0 saturated heterocycles. The first-order chi connectivity index (χ1) is 7.81. The number of nitriles is 1. The Morgan fingerprint density at radius 2 is 2.31 bits per heavy atom. The Kier molecular flexibility index (Phi) is 5.52. The van der Waals surface area contributed by atoms with Crippen LogP contribution < -0.4 is 5.32 Å². The lowest BCUT2D eigenvalue weighted by Crippen LogP contribution is -2.28. The van der Waals surface area contributed by atoms with Crippen LogP contribution in [0, 0.1) is 11.3 Å². The van der Waals surface area contributed by atoms with Gasteiger partial charge in [-0.2, -0.15) is 5.26 Å². The maximum Gasteiger partial charge on any atom is 0.144 e. The van der Waals surface area contributed by atoms with Gasteiger partial charge >= 0.3 is 0 Å². The first-order valence-corrected chi connectivity index (χ1v) is 5.89. The lowest BCUT2D eigenvalue weighted by atomic mass is 10.1. The van der Waals surface area contributed by atoms with Crippen LogP contribution in [0.15, 0.2) is 18.3 Å². The van der Waals surface area contributed by atoms with Gasteiger partial charge < -0.3 is 5.32 Å². The van der Waals surface area contributed by atoms with Crippen molar-refractivity contribution < 1.29 is 0 Å². The zero-order valence-electron chi connectivity index (χ0n) is 10.0. The predicted molar refractivity (Wildman–Crippen MR) is 64.8 cm³/mol. The third-order valence-electron chi connectivity index (χ3n) is 2.71. The molecule has 0 spiro atoms. The molecule has 3 nitrogen and oxygen atoms in total. The number of nitrogens with zero attached hydrogens (tertiary/aromatic N) is 2. The minimum absolute atomic E-state index is 0.529. The van der Waals surface area contributed by atoms with Crippen LogP contribution in [0.1, 0.15) is 44.4 Å². The number of pyridine rings is 1. The number of hydrogen-bond acceptors (Lipinski definition) is 3. The molecule has 16 heavy (non-hydrogen) atoms. The maximum atomic E-state index is 8.90. The minimum atomic E-state index is 0.529. The van der Waals surface area contributed by atoms with E-state index in [9.17, 15) is 0 Å². The van der Waals surface area contributed by atoms with E-state index in [0.717, 1.165) is 18.5 Å². The monoisotopic (exact) mass is 217 g/mol. The Bertz CT molecular complexity index is 354. The van der Waals surface area contributed by atoms with Crippen molar-refractivity contribution in [3.05, 3.63) is 29.6 Å². The van der Waals surface area contributed by atoms with Gasteiger partial charge in [0, 0.05) is 24.3 Å². The quantitative estimate of drug-likeness (QED) is 0.796. The highest BCUT2D eigenvalue weighted by Crippen LogP contribution is 2.06. The number of aromatic nitrogens is 1. The smallest absolute Gasteiger partial charge is 0.144 e. The topological polar surface area (TPSA) is 48.7 Å². The normalized spacial score (nSPS) is 12.1. The molecule has 0 aliphatic rings. The molecule has 1 atom stereocenters. The van der Waals surface area contributed by atoms with Crippen LogP contribution in [0.25, 0.3) is 0 Å². The molecule has 86 valence electrons. The van der Waals surface area contributed by atoms with Crippen molar-refractivity contribution >= 4 is 0 Å². The van der Waals surface area contributed by atoms with Gasteiger partial charge in [-0.05, 0) is 18.9 Å². The number of nitrogens with one attached hydrogen (secondary N) is 1. The molecule has 0 aliphatic heterocycles. The van der Waals surface area contributed by atoms with Crippen LogP contribution in [0.2, 0.25) is 0 Å². The van der Waals surface area contributed by atoms with Crippen molar-refractivity contribution in [3.8, 4) is 6.07 Å². The summed E-state index contributed by atoms with van der Waals surface area (Å²) < 4.78 is 0. The summed E-state index contributed by atoms with van der Waals surface area (Å²) >= 11 is 0. The largest absolute Gasteiger partial charge is 0.310 e. The molecule has 1 unspecified atom stereocenters. The molecule has 1 N–H and O–H groups in total. The summed E-state index contributed by atoms with van der Waals surface area (Å²) in [6.07, 6.45) is 5.14. The number of hydrogen-bond donors (Lipinski definition) is 1. The average Bonchev–Trinajstić information content (AvgIpc) is 2.34. The van der Waals surface area contributed by atoms with E-state index in [-0.39, 0.29) is 0 Å². The highest BCUT2D eigenvalue weighted by Gasteiger charge is 2.06. The van der Waals surface area contributed by atoms with Gasteiger partial charge in [0.2, 0.25) is 0 Å². The van der Waals surface area contributed by atoms with E-state index in [2.05, 4.69) is 30.2 Å². The van der Waals surface area contributed by atoms with Gasteiger partial charge in [0.1, 0.15) is 11.8 Å². The molecule has 0 fully saturated rings. The SMILES string of the molecule is CCCC(CC)NCc1cccnc1C#N. The highest BCUT2D eigenvalue weighted by atomic mass is 14.9. The molecule has 0 saturated carbocycles. The second-order valence-electron chi connectivity index (χ2n) is 3.90. The third kappa shape index (κ3) is 3.63. The second kappa shape index (κ2) is 6.97. The van der Waals surface area contributed by atoms with Crippen LogP contribution in [-0.2, 0) is 6.54 Å². The van der Waals surface area contributed by atoms with Gasteiger partial charge in [0.15, 0.2) is 0 Å². The molecule has 0 aliphatic carbocycles. The summed E-state index contributed by atoms with van der Waals surface area (Å²) in [5, 5.41) is 12.4. The average molecular weight is 217 g/mol. The Morgan fingerprint density at radius 3 is 2.94 bits per heavy atom. The van der Waals surface area contributed by atoms with Crippen molar-refractivity contribution in [1.29, 1.82) is 5.26 Å². The van der Waals surface area contributed by atoms with Crippen LogP contribution in [0.4, 0.5) is 0 Å². The fraction of sp³-hybridized carbons (Fsp3) is 0.538. The molecule has 0 bridgehead atoms. The molecular weight excluding hydrogens is 198 g/mol. The fourth-order valence-electron chi connectivity index (χ4n) is 1.74. The van der Waals surface area contributed by atoms with Crippen molar-refractivity contribution in [1.82, 2.24) is 10.3 Å². The molecule has 1 aromatic rings. The second-order valence-corrected chi connectivity index (χ2v) is 3.90. The fourth-order valence-corrected chi connectivity index (χ4v) is 1.74. The summed E-state index contributed by atoms with van der Waals surface area (Å²) in [5.74, 6) is 0. The molecule has 1 rings (SSSR count). The zero-order chi connectivity index (χ0) is 11.8. The number of rotatable bonds is 6. The summed E-state index contributed by atoms with van der Waals surface area (Å²) in [4.78, 5) is 4.05. The molecule has 1 aromatic heterocycles. The van der Waals surface area contributed by atoms with E-state index < -0.39 is 0 Å². The van der Waals surface area contributed by atoms with Crippen LogP contribution in [0.5, 0.6) is 0 Å². The Balaban J connectivity index is 2.56. The molecule has 1 heterocycles. The van der Waals surface area contributed by atoms with Gasteiger partial charge in [0.05, 0.1) is 0 Å². The predicted octanol–water partition coefficient (Wildman–Crippen LogP) is 2.62. The van der Waals surface area contributed by atoms with Gasteiger partial charge in [-0.15, -0.1) is 0 Å². The maximum absolute atomic E-state index is 8.90. The van der Waals surface area contributed by atoms with E-state index in [1.807, 2.05) is 12.1 Å². The van der Waals surface area contributed by atoms with Crippen LogP contribution in [-0.4, -0.2) is 11.0 Å². The lowest BCUT2D eigenvalue weighted by molar-refractivity contribution is 0.462. The summed E-state index contributed by atoms with van der Waals surface area (Å²) in [6, 6.07) is 6.49. The first-order valence-electron chi connectivity index (χ1n) is 5.89. The van der Waals surface area contributed by atoms with Crippen molar-refractivity contribution in [2.45, 2.75) is 45.7 Å². The van der Waals surface area contributed by atoms with E-state index in [4.69, 9.17) is 5.26 Å². The summed E-state index contributed by atoms with van der Waals surface area (Å²) in [6.45, 7) is 5.10. The Hall–Kier alpha value is -1.40. The summed E-state index contributed by atoms with van der Waals surface area (Å²) in [7, 11) is 0. The molecule has 0 aromatic carbocycles. The van der Waals surface area contributed by atoms with Gasteiger partial charge in [-0.3, -0.25) is 0 Å². The molecule has 0 amide bonds. The van der Waals surface area contributed by atoms with Crippen LogP contribution in [0.3, 0.4) is 0 Å². The van der Waals surface area contributed by atoms with Gasteiger partial charge in [-0.1, -0.05) is 26.3 Å². The molecule has 3 heteroatoms. The lowest BCUT2D eigenvalue weighted by Gasteiger charge is -2.16. The van der Waals surface area contributed by atoms with E-state index in [1.165, 1.54) is 12.8 Å². The van der Waals surface area contributed by atoms with Gasteiger partial charge in [-0.25, -0.2) is 4.98 Å². The Labute approximate surface area is 97.5 Å². The van der Waals surface area contributed by atoms with Crippen molar-refractivity contribution in [2.24, 2.45) is 0 Å². The Morgan fingerprint density at radius 1 is 1.50 bits per heavy atom. The van der Waals surface area contributed by atoms with Crippen LogP contribution >= 0.6 is 0 Å². The third-order valence-corrected chi connectivity index (χ3v) is 2.71. The minimum Gasteiger partial charge on any atom is -0.310 e. The van der Waals surface area contributed by atoms with E-state index in [0.29, 0.717) is 11.7 Å². The van der Waals surface area contributed by atoms with Crippen molar-refractivity contribution in [3.63, 3.8) is 0 Å². The first kappa shape index (κ1) is 12.7. The highest BCUT2D eigenvalue weighted by molar-refractivity contribution is 5.30.